The molecule has 0 spiro atoms. The molecule has 4 rings (SSSR count). The first kappa shape index (κ1) is 23.7. The molecule has 1 atom stereocenters. The van der Waals surface area contributed by atoms with Gasteiger partial charge >= 0.3 is 5.97 Å². The Bertz CT molecular complexity index is 1200. The van der Waals surface area contributed by atoms with Crippen molar-refractivity contribution in [2.75, 3.05) is 6.54 Å². The first-order valence-electron chi connectivity index (χ1n) is 11.2. The maximum absolute atomic E-state index is 12.7. The Morgan fingerprint density at radius 2 is 1.49 bits per heavy atom. The summed E-state index contributed by atoms with van der Waals surface area (Å²) in [4.78, 5) is 50.9. The highest BCUT2D eigenvalue weighted by atomic mass is 16.5. The molecule has 3 aromatic rings. The molecule has 0 aromatic heterocycles. The lowest BCUT2D eigenvalue weighted by atomic mass is 10.2. The zero-order valence-corrected chi connectivity index (χ0v) is 18.9. The number of benzene rings is 3. The number of hydrogen-bond acceptors (Lipinski definition) is 6. The summed E-state index contributed by atoms with van der Waals surface area (Å²) in [5.74, 6) is -1.03. The van der Waals surface area contributed by atoms with Crippen molar-refractivity contribution in [1.82, 2.24) is 10.2 Å². The van der Waals surface area contributed by atoms with Gasteiger partial charge in [0.2, 0.25) is 11.8 Å². The van der Waals surface area contributed by atoms with Crippen molar-refractivity contribution < 1.29 is 28.7 Å². The second kappa shape index (κ2) is 11.1. The Morgan fingerprint density at radius 1 is 0.857 bits per heavy atom. The first-order chi connectivity index (χ1) is 17.0. The Labute approximate surface area is 202 Å². The van der Waals surface area contributed by atoms with Crippen molar-refractivity contribution >= 4 is 23.7 Å². The largest absolute Gasteiger partial charge is 0.459 e. The minimum atomic E-state index is -0.995. The lowest BCUT2D eigenvalue weighted by molar-refractivity contribution is -0.158. The van der Waals surface area contributed by atoms with Crippen molar-refractivity contribution in [1.29, 1.82) is 0 Å². The number of para-hydroxylation sites is 1. The van der Waals surface area contributed by atoms with Crippen LogP contribution in [0.3, 0.4) is 0 Å². The molecule has 8 heteroatoms. The molecule has 178 valence electrons. The molecular formula is C27H24N2O6. The zero-order chi connectivity index (χ0) is 24.6. The average Bonchev–Trinajstić information content (AvgIpc) is 3.29. The summed E-state index contributed by atoms with van der Waals surface area (Å²) in [6.07, 6.45) is 0.253. The highest BCUT2D eigenvalue weighted by Crippen LogP contribution is 2.22. The summed E-state index contributed by atoms with van der Waals surface area (Å²) in [6.45, 7) is -0.373. The van der Waals surface area contributed by atoms with Gasteiger partial charge in [0.25, 0.3) is 5.91 Å². The standard InChI is InChI=1S/C27H24N2O6/c30-24-16-15-23(27(33)34-18-19-7-3-1-4-8-19)29(24)25(31)17-28-26(32)20-11-13-22(14-12-20)35-21-9-5-2-6-10-21/h1-14,23H,15-18H2,(H,28,32). The summed E-state index contributed by atoms with van der Waals surface area (Å²) in [7, 11) is 0. The number of hydrogen-bond donors (Lipinski definition) is 1. The van der Waals surface area contributed by atoms with E-state index in [0.717, 1.165) is 10.5 Å². The van der Waals surface area contributed by atoms with E-state index < -0.39 is 36.3 Å². The maximum Gasteiger partial charge on any atom is 0.329 e. The summed E-state index contributed by atoms with van der Waals surface area (Å²) in [5.41, 5.74) is 1.13. The van der Waals surface area contributed by atoms with Crippen molar-refractivity contribution in [2.24, 2.45) is 0 Å². The minimum Gasteiger partial charge on any atom is -0.459 e. The summed E-state index contributed by atoms with van der Waals surface area (Å²) >= 11 is 0. The molecular weight excluding hydrogens is 448 g/mol. The van der Waals surface area contributed by atoms with E-state index in [9.17, 15) is 19.2 Å². The highest BCUT2D eigenvalue weighted by Gasteiger charge is 2.41. The van der Waals surface area contributed by atoms with Gasteiger partial charge in [0.15, 0.2) is 0 Å². The third kappa shape index (κ3) is 6.11. The third-order valence-electron chi connectivity index (χ3n) is 5.47. The SMILES string of the molecule is O=C(NCC(=O)N1C(=O)CCC1C(=O)OCc1ccccc1)c1ccc(Oc2ccccc2)cc1. The van der Waals surface area contributed by atoms with Crippen molar-refractivity contribution in [3.63, 3.8) is 0 Å². The van der Waals surface area contributed by atoms with Gasteiger partial charge in [-0.15, -0.1) is 0 Å². The molecule has 35 heavy (non-hydrogen) atoms. The molecule has 8 nitrogen and oxygen atoms in total. The van der Waals surface area contributed by atoms with Gasteiger partial charge in [-0.2, -0.15) is 0 Å². The van der Waals surface area contributed by atoms with Gasteiger partial charge in [0.1, 0.15) is 24.1 Å². The molecule has 0 bridgehead atoms. The van der Waals surface area contributed by atoms with E-state index in [2.05, 4.69) is 5.32 Å². The van der Waals surface area contributed by atoms with Crippen LogP contribution in [0.1, 0.15) is 28.8 Å². The van der Waals surface area contributed by atoms with Gasteiger partial charge in [0, 0.05) is 12.0 Å². The molecule has 0 radical (unpaired) electrons. The Kier molecular flexibility index (Phi) is 7.52. The van der Waals surface area contributed by atoms with E-state index in [4.69, 9.17) is 9.47 Å². The number of ether oxygens (including phenoxy) is 2. The van der Waals surface area contributed by atoms with Gasteiger partial charge in [-0.25, -0.2) is 4.79 Å². The zero-order valence-electron chi connectivity index (χ0n) is 18.9. The third-order valence-corrected chi connectivity index (χ3v) is 5.47. The van der Waals surface area contributed by atoms with Crippen LogP contribution in [0.5, 0.6) is 11.5 Å². The molecule has 0 aliphatic carbocycles. The Hall–Kier alpha value is -4.46. The van der Waals surface area contributed by atoms with Gasteiger partial charge in [0.05, 0.1) is 6.54 Å². The first-order valence-corrected chi connectivity index (χ1v) is 11.2. The summed E-state index contributed by atoms with van der Waals surface area (Å²) < 4.78 is 11.0. The van der Waals surface area contributed by atoms with Crippen LogP contribution in [0, 0.1) is 0 Å². The normalized spacial score (nSPS) is 14.9. The fraction of sp³-hybridized carbons (Fsp3) is 0.185. The molecule has 1 unspecified atom stereocenters. The maximum atomic E-state index is 12.7. The van der Waals surface area contributed by atoms with Crippen molar-refractivity contribution in [3.8, 4) is 11.5 Å². The topological polar surface area (TPSA) is 102 Å². The number of imide groups is 1. The minimum absolute atomic E-state index is 0.0487. The number of rotatable bonds is 8. The quantitative estimate of drug-likeness (QED) is 0.504. The number of likely N-dealkylation sites (tertiary alicyclic amines) is 1. The molecule has 1 aliphatic rings. The Balaban J connectivity index is 1.30. The summed E-state index contributed by atoms with van der Waals surface area (Å²) in [5, 5.41) is 2.51. The predicted molar refractivity (Wildman–Crippen MR) is 126 cm³/mol. The Morgan fingerprint density at radius 3 is 2.17 bits per heavy atom. The van der Waals surface area contributed by atoms with Gasteiger partial charge in [-0.3, -0.25) is 19.3 Å². The second-order valence-electron chi connectivity index (χ2n) is 7.93. The monoisotopic (exact) mass is 472 g/mol. The van der Waals surface area contributed by atoms with Crippen molar-refractivity contribution in [2.45, 2.75) is 25.5 Å². The lowest BCUT2D eigenvalue weighted by Gasteiger charge is -2.21. The van der Waals surface area contributed by atoms with Crippen molar-refractivity contribution in [3.05, 3.63) is 96.1 Å². The van der Waals surface area contributed by atoms with Crippen LogP contribution in [0.15, 0.2) is 84.9 Å². The average molecular weight is 472 g/mol. The number of esters is 1. The fourth-order valence-electron chi connectivity index (χ4n) is 3.69. The van der Waals surface area contributed by atoms with E-state index in [1.54, 1.807) is 24.3 Å². The van der Waals surface area contributed by atoms with E-state index in [1.165, 1.54) is 0 Å². The van der Waals surface area contributed by atoms with E-state index in [1.807, 2.05) is 60.7 Å². The summed E-state index contributed by atoms with van der Waals surface area (Å²) in [6, 6.07) is 23.8. The molecule has 1 N–H and O–H groups in total. The molecule has 1 saturated heterocycles. The molecule has 0 saturated carbocycles. The van der Waals surface area contributed by atoms with Crippen LogP contribution < -0.4 is 10.1 Å². The molecule has 3 amide bonds. The van der Waals surface area contributed by atoms with Gasteiger partial charge < -0.3 is 14.8 Å². The van der Waals surface area contributed by atoms with Crippen LogP contribution in [0.4, 0.5) is 0 Å². The van der Waals surface area contributed by atoms with Crippen LogP contribution >= 0.6 is 0 Å². The number of nitrogens with one attached hydrogen (secondary N) is 1. The van der Waals surface area contributed by atoms with Crippen LogP contribution in [-0.4, -0.2) is 41.2 Å². The number of nitrogens with zero attached hydrogens (tertiary/aromatic N) is 1. The van der Waals surface area contributed by atoms with Gasteiger partial charge in [-0.05, 0) is 48.4 Å². The van der Waals surface area contributed by atoms with Crippen LogP contribution in [0.2, 0.25) is 0 Å². The smallest absolute Gasteiger partial charge is 0.329 e. The second-order valence-corrected chi connectivity index (χ2v) is 7.93. The van der Waals surface area contributed by atoms with Crippen LogP contribution in [0.25, 0.3) is 0 Å². The number of amides is 3. The number of carbonyl (C=O) groups is 4. The molecule has 1 fully saturated rings. The highest BCUT2D eigenvalue weighted by molar-refractivity contribution is 6.04. The van der Waals surface area contributed by atoms with E-state index in [0.29, 0.717) is 17.1 Å². The van der Waals surface area contributed by atoms with E-state index >= 15 is 0 Å². The lowest BCUT2D eigenvalue weighted by Crippen LogP contribution is -2.47. The van der Waals surface area contributed by atoms with Crippen LogP contribution in [-0.2, 0) is 25.7 Å². The fourth-order valence-corrected chi connectivity index (χ4v) is 3.69. The molecule has 1 heterocycles. The van der Waals surface area contributed by atoms with E-state index in [-0.39, 0.29) is 19.4 Å². The molecule has 1 aliphatic heterocycles. The van der Waals surface area contributed by atoms with Gasteiger partial charge in [-0.1, -0.05) is 48.5 Å². The number of carbonyl (C=O) groups excluding carboxylic acids is 4. The predicted octanol–water partition coefficient (Wildman–Crippen LogP) is 3.47. The molecule has 3 aromatic carbocycles.